The third kappa shape index (κ3) is 5.48. The topological polar surface area (TPSA) is 38.7 Å². The summed E-state index contributed by atoms with van der Waals surface area (Å²) in [5.74, 6) is 1.93. The van der Waals surface area contributed by atoms with E-state index < -0.39 is 0 Å². The lowest BCUT2D eigenvalue weighted by Crippen LogP contribution is -2.01. The Kier molecular flexibility index (Phi) is 7.34. The fraction of sp³-hybridized carbons (Fsp3) is 0. The lowest BCUT2D eigenvalue weighted by Gasteiger charge is -2.13. The van der Waals surface area contributed by atoms with Crippen molar-refractivity contribution in [3.05, 3.63) is 176 Å². The summed E-state index contributed by atoms with van der Waals surface area (Å²) in [4.78, 5) is 15.2. The van der Waals surface area contributed by atoms with Crippen LogP contribution >= 0.6 is 11.3 Å². The Morgan fingerprint density at radius 2 is 0.735 bits per heavy atom. The second-order valence-electron chi connectivity index (χ2n) is 12.0. The van der Waals surface area contributed by atoms with Crippen LogP contribution in [0.5, 0.6) is 0 Å². The van der Waals surface area contributed by atoms with E-state index in [2.05, 4.69) is 133 Å². The van der Waals surface area contributed by atoms with E-state index in [-0.39, 0.29) is 0 Å². The zero-order chi connectivity index (χ0) is 32.6. The second-order valence-corrected chi connectivity index (χ2v) is 13.1. The molecule has 0 saturated heterocycles. The molecule has 0 atom stereocenters. The summed E-state index contributed by atoms with van der Waals surface area (Å²) in [6.45, 7) is 0. The molecule has 3 nitrogen and oxygen atoms in total. The van der Waals surface area contributed by atoms with Crippen molar-refractivity contribution in [2.45, 2.75) is 0 Å². The molecule has 0 fully saturated rings. The highest BCUT2D eigenvalue weighted by Gasteiger charge is 2.16. The molecule has 0 unspecified atom stereocenters. The Morgan fingerprint density at radius 3 is 1.45 bits per heavy atom. The van der Waals surface area contributed by atoms with Crippen LogP contribution in [0.3, 0.4) is 0 Å². The van der Waals surface area contributed by atoms with Gasteiger partial charge in [-0.3, -0.25) is 0 Å². The molecule has 0 saturated carbocycles. The van der Waals surface area contributed by atoms with Gasteiger partial charge in [-0.2, -0.15) is 0 Å². The molecule has 9 rings (SSSR count). The maximum atomic E-state index is 5.11. The van der Waals surface area contributed by atoms with Gasteiger partial charge in [0.25, 0.3) is 0 Å². The molecular weight excluding hydrogens is 615 g/mol. The maximum Gasteiger partial charge on any atom is 0.164 e. The number of nitrogens with zero attached hydrogens (tertiary/aromatic N) is 3. The van der Waals surface area contributed by atoms with Gasteiger partial charge in [0.1, 0.15) is 0 Å². The van der Waals surface area contributed by atoms with Gasteiger partial charge in [-0.15, -0.1) is 11.3 Å². The summed E-state index contributed by atoms with van der Waals surface area (Å²) >= 11 is 1.85. The maximum absolute atomic E-state index is 5.11. The zero-order valence-electron chi connectivity index (χ0n) is 26.5. The van der Waals surface area contributed by atoms with Crippen LogP contribution in [0.15, 0.2) is 176 Å². The number of hydrogen-bond acceptors (Lipinski definition) is 4. The number of hydrogen-bond donors (Lipinski definition) is 0. The lowest BCUT2D eigenvalue weighted by atomic mass is 9.96. The third-order valence-electron chi connectivity index (χ3n) is 9.00. The average Bonchev–Trinajstić information content (AvgIpc) is 3.58. The molecule has 0 N–H and O–H groups in total. The predicted octanol–water partition coefficient (Wildman–Crippen LogP) is 12.2. The van der Waals surface area contributed by atoms with E-state index in [0.717, 1.165) is 27.8 Å². The van der Waals surface area contributed by atoms with Crippen LogP contribution < -0.4 is 0 Å². The van der Waals surface area contributed by atoms with E-state index in [9.17, 15) is 0 Å². The van der Waals surface area contributed by atoms with E-state index in [1.807, 2.05) is 53.8 Å². The van der Waals surface area contributed by atoms with Gasteiger partial charge in [0, 0.05) is 36.9 Å². The van der Waals surface area contributed by atoms with Gasteiger partial charge in [0.05, 0.1) is 0 Å². The van der Waals surface area contributed by atoms with Crippen molar-refractivity contribution in [1.82, 2.24) is 15.0 Å². The summed E-state index contributed by atoms with van der Waals surface area (Å²) in [5, 5.41) is 2.60. The minimum Gasteiger partial charge on any atom is -0.208 e. The molecule has 0 bridgehead atoms. The minimum absolute atomic E-state index is 0.643. The average molecular weight is 644 g/mol. The summed E-state index contributed by atoms with van der Waals surface area (Å²) in [7, 11) is 0. The molecule has 0 aliphatic carbocycles. The van der Waals surface area contributed by atoms with E-state index in [4.69, 9.17) is 15.0 Å². The largest absolute Gasteiger partial charge is 0.208 e. The Hall–Kier alpha value is -6.23. The molecule has 2 heterocycles. The van der Waals surface area contributed by atoms with E-state index in [1.165, 1.54) is 42.4 Å². The van der Waals surface area contributed by atoms with Crippen LogP contribution in [0.2, 0.25) is 0 Å². The molecule has 4 heteroatoms. The van der Waals surface area contributed by atoms with Crippen LogP contribution in [0.4, 0.5) is 0 Å². The smallest absolute Gasteiger partial charge is 0.164 e. The highest BCUT2D eigenvalue weighted by molar-refractivity contribution is 7.26. The lowest BCUT2D eigenvalue weighted by molar-refractivity contribution is 1.07. The van der Waals surface area contributed by atoms with Gasteiger partial charge in [-0.05, 0) is 39.4 Å². The normalized spacial score (nSPS) is 11.3. The Bertz CT molecular complexity index is 2570. The fourth-order valence-electron chi connectivity index (χ4n) is 6.52. The molecule has 0 radical (unpaired) electrons. The first-order valence-electron chi connectivity index (χ1n) is 16.4. The number of rotatable bonds is 6. The SMILES string of the molecule is c1ccc(-c2ccc(-c3ccccc3-c3nc(-c4ccccc4)nc(-c4ccc(-c5cccc6c5sc5ccccc56)cc4)n3)cc2)cc1. The molecule has 0 spiro atoms. The molecule has 0 amide bonds. The molecular formula is C45H29N3S. The molecule has 49 heavy (non-hydrogen) atoms. The summed E-state index contributed by atoms with van der Waals surface area (Å²) in [5.41, 5.74) is 9.82. The van der Waals surface area contributed by atoms with Crippen molar-refractivity contribution in [3.63, 3.8) is 0 Å². The van der Waals surface area contributed by atoms with E-state index in [0.29, 0.717) is 17.5 Å². The van der Waals surface area contributed by atoms with Crippen LogP contribution in [0.1, 0.15) is 0 Å². The number of thiophene rings is 1. The van der Waals surface area contributed by atoms with Gasteiger partial charge in [-0.25, -0.2) is 15.0 Å². The van der Waals surface area contributed by atoms with Crippen LogP contribution in [0.25, 0.3) is 87.7 Å². The summed E-state index contributed by atoms with van der Waals surface area (Å²) in [6.07, 6.45) is 0. The number of fused-ring (bicyclic) bond motifs is 3. The van der Waals surface area contributed by atoms with Gasteiger partial charge >= 0.3 is 0 Å². The quantitative estimate of drug-likeness (QED) is 0.181. The second kappa shape index (κ2) is 12.4. The highest BCUT2D eigenvalue weighted by atomic mass is 32.1. The van der Waals surface area contributed by atoms with Crippen molar-refractivity contribution in [2.75, 3.05) is 0 Å². The predicted molar refractivity (Wildman–Crippen MR) is 205 cm³/mol. The van der Waals surface area contributed by atoms with Gasteiger partial charge < -0.3 is 0 Å². The minimum atomic E-state index is 0.643. The summed E-state index contributed by atoms with van der Waals surface area (Å²) in [6, 6.07) is 61.5. The zero-order valence-corrected chi connectivity index (χ0v) is 27.3. The first-order valence-corrected chi connectivity index (χ1v) is 17.2. The molecule has 0 aliphatic rings. The molecule has 7 aromatic carbocycles. The van der Waals surface area contributed by atoms with Crippen molar-refractivity contribution >= 4 is 31.5 Å². The van der Waals surface area contributed by atoms with Gasteiger partial charge in [-0.1, -0.05) is 170 Å². The monoisotopic (exact) mass is 643 g/mol. The molecule has 230 valence electrons. The highest BCUT2D eigenvalue weighted by Crippen LogP contribution is 2.40. The van der Waals surface area contributed by atoms with Crippen LogP contribution in [-0.4, -0.2) is 15.0 Å². The number of aromatic nitrogens is 3. The Morgan fingerprint density at radius 1 is 0.286 bits per heavy atom. The van der Waals surface area contributed by atoms with E-state index in [1.54, 1.807) is 0 Å². The van der Waals surface area contributed by atoms with Crippen LogP contribution in [0, 0.1) is 0 Å². The Labute approximate surface area is 288 Å². The molecule has 2 aromatic heterocycles. The first kappa shape index (κ1) is 29.0. The standard InChI is InChI=1S/C45H29N3S/c1-3-12-30(13-4-1)31-22-24-32(25-23-31)36-16-7-8-18-40(36)45-47-43(34-14-5-2-6-15-34)46-44(48-45)35-28-26-33(27-29-35)37-19-11-20-39-38-17-9-10-21-41(38)49-42(37)39/h1-29H. The Balaban J connectivity index is 1.13. The molecule has 9 aromatic rings. The van der Waals surface area contributed by atoms with Crippen molar-refractivity contribution < 1.29 is 0 Å². The van der Waals surface area contributed by atoms with Crippen molar-refractivity contribution in [3.8, 4) is 67.5 Å². The van der Waals surface area contributed by atoms with E-state index >= 15 is 0 Å². The van der Waals surface area contributed by atoms with Gasteiger partial charge in [0.2, 0.25) is 0 Å². The summed E-state index contributed by atoms with van der Waals surface area (Å²) < 4.78 is 2.61. The van der Waals surface area contributed by atoms with Gasteiger partial charge in [0.15, 0.2) is 17.5 Å². The molecule has 0 aliphatic heterocycles. The first-order chi connectivity index (χ1) is 24.3. The number of benzene rings is 7. The third-order valence-corrected chi connectivity index (χ3v) is 10.2. The van der Waals surface area contributed by atoms with Crippen molar-refractivity contribution in [2.24, 2.45) is 0 Å². The van der Waals surface area contributed by atoms with Crippen molar-refractivity contribution in [1.29, 1.82) is 0 Å². The van der Waals surface area contributed by atoms with Crippen LogP contribution in [-0.2, 0) is 0 Å². The fourth-order valence-corrected chi connectivity index (χ4v) is 7.76.